The van der Waals surface area contributed by atoms with Crippen LogP contribution < -0.4 is 4.74 Å². The summed E-state index contributed by atoms with van der Waals surface area (Å²) >= 11 is 1.50. The van der Waals surface area contributed by atoms with Crippen molar-refractivity contribution in [1.29, 1.82) is 0 Å². The van der Waals surface area contributed by atoms with Crippen LogP contribution in [-0.2, 0) is 0 Å². The molecule has 0 saturated carbocycles. The second-order valence-electron chi connectivity index (χ2n) is 5.87. The van der Waals surface area contributed by atoms with Crippen molar-refractivity contribution in [3.63, 3.8) is 0 Å². The summed E-state index contributed by atoms with van der Waals surface area (Å²) in [5.41, 5.74) is 1.45. The van der Waals surface area contributed by atoms with Crippen LogP contribution in [0.1, 0.15) is 21.9 Å². The van der Waals surface area contributed by atoms with Gasteiger partial charge in [0.1, 0.15) is 11.8 Å². The molecule has 5 nitrogen and oxygen atoms in total. The van der Waals surface area contributed by atoms with Crippen LogP contribution in [0.2, 0.25) is 0 Å². The average Bonchev–Trinajstić information content (AvgIpc) is 3.23. The molecule has 0 bridgehead atoms. The fraction of sp³-hybridized carbons (Fsp3) is 0.278. The summed E-state index contributed by atoms with van der Waals surface area (Å²) in [5, 5.41) is 3.81. The lowest BCUT2D eigenvalue weighted by molar-refractivity contribution is 0.0766. The zero-order valence-electron chi connectivity index (χ0n) is 13.3. The Hall–Kier alpha value is -2.47. The number of hydrogen-bond acceptors (Lipinski definition) is 5. The van der Waals surface area contributed by atoms with Crippen molar-refractivity contribution in [2.24, 2.45) is 0 Å². The first kappa shape index (κ1) is 15.1. The van der Waals surface area contributed by atoms with Gasteiger partial charge in [0, 0.05) is 29.8 Å². The Morgan fingerprint density at radius 1 is 1.25 bits per heavy atom. The molecule has 1 aromatic carbocycles. The third-order valence-corrected chi connectivity index (χ3v) is 4.90. The molecule has 0 spiro atoms. The van der Waals surface area contributed by atoms with E-state index in [1.165, 1.54) is 11.3 Å². The van der Waals surface area contributed by atoms with Crippen molar-refractivity contribution < 1.29 is 9.53 Å². The zero-order valence-corrected chi connectivity index (χ0v) is 14.1. The first-order valence-electron chi connectivity index (χ1n) is 7.93. The van der Waals surface area contributed by atoms with E-state index in [-0.39, 0.29) is 12.0 Å². The topological polar surface area (TPSA) is 55.3 Å². The normalized spacial score (nSPS) is 17.4. The van der Waals surface area contributed by atoms with E-state index in [0.29, 0.717) is 24.7 Å². The van der Waals surface area contributed by atoms with Gasteiger partial charge in [-0.3, -0.25) is 4.79 Å². The molecule has 4 rings (SSSR count). The van der Waals surface area contributed by atoms with Gasteiger partial charge in [-0.1, -0.05) is 18.2 Å². The number of pyridine rings is 1. The van der Waals surface area contributed by atoms with E-state index in [2.05, 4.69) is 9.97 Å². The van der Waals surface area contributed by atoms with Crippen LogP contribution in [0, 0.1) is 6.92 Å². The fourth-order valence-electron chi connectivity index (χ4n) is 2.92. The summed E-state index contributed by atoms with van der Waals surface area (Å²) in [7, 11) is 0. The molecule has 6 heteroatoms. The summed E-state index contributed by atoms with van der Waals surface area (Å²) in [6, 6.07) is 11.8. The molecule has 1 atom stereocenters. The monoisotopic (exact) mass is 339 g/mol. The van der Waals surface area contributed by atoms with Crippen LogP contribution in [0.4, 0.5) is 0 Å². The number of carbonyl (C=O) groups excluding carboxylic acids is 1. The SMILES string of the molecule is Cc1nc(C(=O)N2CC[C@@H](Oc3ccc4ccccc4n3)C2)cs1. The second-order valence-corrected chi connectivity index (χ2v) is 6.94. The molecule has 1 fully saturated rings. The molecule has 0 N–H and O–H groups in total. The van der Waals surface area contributed by atoms with Gasteiger partial charge in [0.15, 0.2) is 0 Å². The minimum absolute atomic E-state index is 0.0167. The average molecular weight is 339 g/mol. The molecule has 1 aliphatic rings. The number of rotatable bonds is 3. The van der Waals surface area contributed by atoms with Crippen molar-refractivity contribution >= 4 is 28.1 Å². The van der Waals surface area contributed by atoms with Crippen molar-refractivity contribution in [3.05, 3.63) is 52.5 Å². The predicted octanol–water partition coefficient (Wildman–Crippen LogP) is 3.29. The highest BCUT2D eigenvalue weighted by Crippen LogP contribution is 2.21. The van der Waals surface area contributed by atoms with Crippen molar-refractivity contribution in [1.82, 2.24) is 14.9 Å². The number of fused-ring (bicyclic) bond motifs is 1. The van der Waals surface area contributed by atoms with E-state index in [9.17, 15) is 4.79 Å². The number of para-hydroxylation sites is 1. The first-order valence-corrected chi connectivity index (χ1v) is 8.81. The van der Waals surface area contributed by atoms with Crippen LogP contribution in [0.15, 0.2) is 41.8 Å². The van der Waals surface area contributed by atoms with E-state index in [1.54, 1.807) is 4.90 Å². The van der Waals surface area contributed by atoms with Gasteiger partial charge < -0.3 is 9.64 Å². The number of ether oxygens (including phenoxy) is 1. The van der Waals surface area contributed by atoms with Crippen LogP contribution in [0.5, 0.6) is 5.88 Å². The molecule has 3 aromatic rings. The summed E-state index contributed by atoms with van der Waals surface area (Å²) in [6.45, 7) is 3.17. The smallest absolute Gasteiger partial charge is 0.273 e. The molecule has 0 radical (unpaired) electrons. The summed E-state index contributed by atoms with van der Waals surface area (Å²) < 4.78 is 5.98. The highest BCUT2D eigenvalue weighted by molar-refractivity contribution is 7.09. The number of thiazole rings is 1. The van der Waals surface area contributed by atoms with Gasteiger partial charge in [0.25, 0.3) is 5.91 Å². The minimum atomic E-state index is -0.0256. The lowest BCUT2D eigenvalue weighted by Gasteiger charge is -2.16. The van der Waals surface area contributed by atoms with Gasteiger partial charge >= 0.3 is 0 Å². The molecule has 1 amide bonds. The highest BCUT2D eigenvalue weighted by Gasteiger charge is 2.29. The number of aryl methyl sites for hydroxylation is 1. The Bertz CT molecular complexity index is 893. The van der Waals surface area contributed by atoms with Crippen molar-refractivity contribution in [2.75, 3.05) is 13.1 Å². The summed E-state index contributed by atoms with van der Waals surface area (Å²) in [6.07, 6.45) is 0.783. The Morgan fingerprint density at radius 3 is 2.96 bits per heavy atom. The second kappa shape index (κ2) is 6.20. The van der Waals surface area contributed by atoms with E-state index >= 15 is 0 Å². The van der Waals surface area contributed by atoms with Crippen LogP contribution in [0.25, 0.3) is 10.9 Å². The largest absolute Gasteiger partial charge is 0.472 e. The number of aromatic nitrogens is 2. The molecule has 0 aliphatic carbocycles. The summed E-state index contributed by atoms with van der Waals surface area (Å²) in [4.78, 5) is 23.0. The number of benzene rings is 1. The molecule has 24 heavy (non-hydrogen) atoms. The molecule has 1 saturated heterocycles. The van der Waals surface area contributed by atoms with Crippen LogP contribution in [0.3, 0.4) is 0 Å². The van der Waals surface area contributed by atoms with E-state index in [4.69, 9.17) is 4.74 Å². The van der Waals surface area contributed by atoms with E-state index in [0.717, 1.165) is 22.3 Å². The van der Waals surface area contributed by atoms with E-state index < -0.39 is 0 Å². The maximum Gasteiger partial charge on any atom is 0.273 e. The standard InChI is InChI=1S/C18H17N3O2S/c1-12-19-16(11-24-12)18(22)21-9-8-14(10-21)23-17-7-6-13-4-2-3-5-15(13)20-17/h2-7,11,14H,8-10H2,1H3/t14-/m1/s1. The Kier molecular flexibility index (Phi) is 3.90. The highest BCUT2D eigenvalue weighted by atomic mass is 32.1. The maximum atomic E-state index is 12.4. The van der Waals surface area contributed by atoms with Gasteiger partial charge in [-0.25, -0.2) is 9.97 Å². The first-order chi connectivity index (χ1) is 11.7. The Morgan fingerprint density at radius 2 is 2.12 bits per heavy atom. The van der Waals surface area contributed by atoms with Crippen molar-refractivity contribution in [2.45, 2.75) is 19.4 Å². The third kappa shape index (κ3) is 2.97. The summed E-state index contributed by atoms with van der Waals surface area (Å²) in [5.74, 6) is 0.592. The van der Waals surface area contributed by atoms with E-state index in [1.807, 2.05) is 48.7 Å². The number of likely N-dealkylation sites (tertiary alicyclic amines) is 1. The molecule has 122 valence electrons. The molecule has 1 aliphatic heterocycles. The van der Waals surface area contributed by atoms with Gasteiger partial charge in [0.2, 0.25) is 5.88 Å². The number of hydrogen-bond donors (Lipinski definition) is 0. The van der Waals surface area contributed by atoms with Gasteiger partial charge in [0.05, 0.1) is 17.1 Å². The molecular weight excluding hydrogens is 322 g/mol. The van der Waals surface area contributed by atoms with Crippen LogP contribution >= 0.6 is 11.3 Å². The van der Waals surface area contributed by atoms with Gasteiger partial charge in [-0.2, -0.15) is 0 Å². The van der Waals surface area contributed by atoms with Crippen LogP contribution in [-0.4, -0.2) is 40.0 Å². The molecular formula is C18H17N3O2S. The molecule has 3 heterocycles. The lowest BCUT2D eigenvalue weighted by atomic mass is 10.2. The fourth-order valence-corrected chi connectivity index (χ4v) is 3.50. The minimum Gasteiger partial charge on any atom is -0.472 e. The third-order valence-electron chi connectivity index (χ3n) is 4.13. The predicted molar refractivity (Wildman–Crippen MR) is 93.5 cm³/mol. The van der Waals surface area contributed by atoms with Gasteiger partial charge in [-0.05, 0) is 19.1 Å². The molecule has 2 aromatic heterocycles. The van der Waals surface area contributed by atoms with Gasteiger partial charge in [-0.15, -0.1) is 11.3 Å². The zero-order chi connectivity index (χ0) is 16.5. The Balaban J connectivity index is 1.43. The number of amides is 1. The number of carbonyl (C=O) groups is 1. The maximum absolute atomic E-state index is 12.4. The van der Waals surface area contributed by atoms with Crippen molar-refractivity contribution in [3.8, 4) is 5.88 Å². The number of nitrogens with zero attached hydrogens (tertiary/aromatic N) is 3. The quantitative estimate of drug-likeness (QED) is 0.735. The Labute approximate surface area is 143 Å². The molecule has 0 unspecified atom stereocenters. The lowest BCUT2D eigenvalue weighted by Crippen LogP contribution is -2.31.